The van der Waals surface area contributed by atoms with Gasteiger partial charge in [-0.15, -0.1) is 0 Å². The van der Waals surface area contributed by atoms with Crippen LogP contribution in [0.25, 0.3) is 33.5 Å². The van der Waals surface area contributed by atoms with Crippen molar-refractivity contribution < 1.29 is 48.6 Å². The maximum absolute atomic E-state index is 13.0. The van der Waals surface area contributed by atoms with E-state index in [0.29, 0.717) is 16.6 Å². The van der Waals surface area contributed by atoms with Gasteiger partial charge in [-0.05, 0) is 54.1 Å². The number of sulfonamides is 1. The molecule has 238 valence electrons. The number of hydrogen-bond acceptors (Lipinski definition) is 12. The minimum atomic E-state index is -4.21. The number of ether oxygens (including phenoxy) is 1. The van der Waals surface area contributed by atoms with Crippen LogP contribution in [0.2, 0.25) is 0 Å². The molecule has 1 amide bonds. The zero-order valence-corrected chi connectivity index (χ0v) is 24.1. The molecule has 3 aromatic carbocycles. The highest BCUT2D eigenvalue weighted by Crippen LogP contribution is 2.43. The van der Waals surface area contributed by atoms with Gasteiger partial charge in [0.15, 0.2) is 12.5 Å². The van der Waals surface area contributed by atoms with Gasteiger partial charge < -0.3 is 51.4 Å². The van der Waals surface area contributed by atoms with Crippen molar-refractivity contribution in [1.82, 2.24) is 15.3 Å². The van der Waals surface area contributed by atoms with Crippen LogP contribution in [0.15, 0.2) is 53.4 Å². The Balaban J connectivity index is 1.55. The molecule has 2 heterocycles. The van der Waals surface area contributed by atoms with E-state index in [0.717, 1.165) is 18.2 Å². The van der Waals surface area contributed by atoms with Crippen molar-refractivity contribution in [3.8, 4) is 34.0 Å². The number of benzene rings is 3. The average Bonchev–Trinajstić information content (AvgIpc) is 3.39. The summed E-state index contributed by atoms with van der Waals surface area (Å²) in [6.07, 6.45) is -8.44. The van der Waals surface area contributed by atoms with Crippen LogP contribution >= 0.6 is 0 Å². The lowest BCUT2D eigenvalue weighted by molar-refractivity contribution is -0.264. The zero-order valence-electron chi connectivity index (χ0n) is 23.2. The maximum Gasteiger partial charge on any atom is 0.238 e. The Labute approximate surface area is 255 Å². The maximum atomic E-state index is 13.0. The molecule has 17 heteroatoms. The van der Waals surface area contributed by atoms with E-state index in [1.807, 2.05) is 0 Å². The Morgan fingerprint density at radius 1 is 1.09 bits per heavy atom. The molecular weight excluding hydrogens is 612 g/mol. The summed E-state index contributed by atoms with van der Waals surface area (Å²) >= 11 is 0. The SMILES string of the molecule is N=C(N)c1ccc2[nH]c(-c3cc(CC(=O)NC(O)C4CC(O)C(O)[C@@H](O)O4)cc(-c4cc(S(N)(=O)=O)ccc4O)c3O)nc2c1. The van der Waals surface area contributed by atoms with Gasteiger partial charge in [0.25, 0.3) is 0 Å². The normalized spacial score (nSPS) is 21.0. The smallest absolute Gasteiger partial charge is 0.238 e. The molecule has 0 saturated carbocycles. The lowest BCUT2D eigenvalue weighted by Gasteiger charge is -2.36. The summed E-state index contributed by atoms with van der Waals surface area (Å²) in [5.41, 5.74) is 6.95. The Hall–Kier alpha value is -4.62. The van der Waals surface area contributed by atoms with Gasteiger partial charge >= 0.3 is 0 Å². The van der Waals surface area contributed by atoms with Crippen molar-refractivity contribution in [3.63, 3.8) is 0 Å². The van der Waals surface area contributed by atoms with Gasteiger partial charge in [0.1, 0.15) is 35.4 Å². The summed E-state index contributed by atoms with van der Waals surface area (Å²) in [5, 5.41) is 77.1. The molecule has 13 N–H and O–H groups in total. The summed E-state index contributed by atoms with van der Waals surface area (Å²) in [6.45, 7) is 0. The summed E-state index contributed by atoms with van der Waals surface area (Å²) in [6, 6.07) is 10.7. The number of amides is 1. The molecule has 1 aromatic heterocycles. The highest BCUT2D eigenvalue weighted by atomic mass is 32.2. The summed E-state index contributed by atoms with van der Waals surface area (Å²) < 4.78 is 29.2. The topological polar surface area (TPSA) is 298 Å². The number of hydrogen-bond donors (Lipinski definition) is 11. The Kier molecular flexibility index (Phi) is 8.51. The highest BCUT2D eigenvalue weighted by Gasteiger charge is 2.39. The summed E-state index contributed by atoms with van der Waals surface area (Å²) in [4.78, 5) is 20.2. The number of aromatic nitrogens is 2. The Bertz CT molecular complexity index is 1900. The van der Waals surface area contributed by atoms with Crippen LogP contribution in [0.5, 0.6) is 11.5 Å². The van der Waals surface area contributed by atoms with Crippen molar-refractivity contribution in [2.75, 3.05) is 0 Å². The molecule has 0 radical (unpaired) electrons. The molecule has 4 unspecified atom stereocenters. The van der Waals surface area contributed by atoms with Crippen molar-refractivity contribution in [2.45, 2.75) is 48.6 Å². The van der Waals surface area contributed by atoms with Crippen LogP contribution in [0.3, 0.4) is 0 Å². The molecule has 0 aliphatic carbocycles. The van der Waals surface area contributed by atoms with Gasteiger partial charge in [0.2, 0.25) is 15.9 Å². The second-order valence-corrected chi connectivity index (χ2v) is 12.1. The van der Waals surface area contributed by atoms with Gasteiger partial charge in [0.05, 0.1) is 34.0 Å². The average molecular weight is 643 g/mol. The predicted octanol–water partition coefficient (Wildman–Crippen LogP) is -0.954. The number of aliphatic hydroxyl groups excluding tert-OH is 4. The van der Waals surface area contributed by atoms with Crippen LogP contribution < -0.4 is 16.2 Å². The molecule has 0 bridgehead atoms. The van der Waals surface area contributed by atoms with Crippen molar-refractivity contribution in [2.24, 2.45) is 10.9 Å². The third-order valence-corrected chi connectivity index (χ3v) is 8.22. The molecule has 5 rings (SSSR count). The predicted molar refractivity (Wildman–Crippen MR) is 158 cm³/mol. The molecule has 1 fully saturated rings. The molecule has 45 heavy (non-hydrogen) atoms. The van der Waals surface area contributed by atoms with E-state index in [4.69, 9.17) is 21.0 Å². The fraction of sp³-hybridized carbons (Fsp3) is 0.250. The van der Waals surface area contributed by atoms with Crippen LogP contribution in [0, 0.1) is 5.41 Å². The van der Waals surface area contributed by atoms with E-state index >= 15 is 0 Å². The number of aromatic hydroxyl groups is 2. The minimum Gasteiger partial charge on any atom is -0.507 e. The van der Waals surface area contributed by atoms with E-state index in [9.17, 15) is 43.9 Å². The first-order valence-corrected chi connectivity index (χ1v) is 14.9. The molecular formula is C28H30N6O10S. The second kappa shape index (κ2) is 12.1. The van der Waals surface area contributed by atoms with Crippen molar-refractivity contribution in [3.05, 3.63) is 59.7 Å². The van der Waals surface area contributed by atoms with E-state index < -0.39 is 64.7 Å². The second-order valence-electron chi connectivity index (χ2n) is 10.5. The number of imidazole rings is 1. The molecule has 1 saturated heterocycles. The Morgan fingerprint density at radius 3 is 2.47 bits per heavy atom. The van der Waals surface area contributed by atoms with Gasteiger partial charge in [-0.25, -0.2) is 18.5 Å². The minimum absolute atomic E-state index is 0.0488. The first-order valence-electron chi connectivity index (χ1n) is 13.4. The number of nitrogens with zero attached hydrogens (tertiary/aromatic N) is 1. The third kappa shape index (κ3) is 6.59. The standard InChI is InChI=1S/C28H30N6O10S/c29-25(30)12-1-3-17-18(8-12)33-26(32-17)16-6-11(7-22(37)34-27(40)21-10-20(36)24(39)28(41)44-21)5-15(23(16)38)14-9-13(45(31,42)43)2-4-19(14)35/h1-6,8-9,20-21,24,27-28,35-36,38-41H,7,10H2,(H3,29,30)(H,32,33)(H,34,37)(H2,31,42,43)/t20?,21?,24?,27?,28-/m0/s1. The number of amidine groups is 1. The number of nitrogens with two attached hydrogens (primary N) is 2. The van der Waals surface area contributed by atoms with Crippen LogP contribution in [0.1, 0.15) is 17.5 Å². The van der Waals surface area contributed by atoms with Gasteiger partial charge in [-0.3, -0.25) is 10.2 Å². The van der Waals surface area contributed by atoms with Crippen LogP contribution in [-0.2, 0) is 26.0 Å². The number of phenols is 2. The van der Waals surface area contributed by atoms with Crippen LogP contribution in [0.4, 0.5) is 0 Å². The van der Waals surface area contributed by atoms with Crippen molar-refractivity contribution in [1.29, 1.82) is 5.41 Å². The third-order valence-electron chi connectivity index (χ3n) is 7.31. The number of carbonyl (C=O) groups excluding carboxylic acids is 1. The van der Waals surface area contributed by atoms with E-state index in [1.54, 1.807) is 18.2 Å². The number of fused-ring (bicyclic) bond motifs is 1. The first-order chi connectivity index (χ1) is 21.1. The molecule has 4 aromatic rings. The zero-order chi connectivity index (χ0) is 32.8. The first kappa shape index (κ1) is 31.8. The lowest BCUT2D eigenvalue weighted by atomic mass is 9.95. The number of H-pyrrole nitrogens is 1. The fourth-order valence-electron chi connectivity index (χ4n) is 4.97. The Morgan fingerprint density at radius 2 is 1.80 bits per heavy atom. The molecule has 0 spiro atoms. The largest absolute Gasteiger partial charge is 0.507 e. The highest BCUT2D eigenvalue weighted by molar-refractivity contribution is 7.89. The molecule has 1 aliphatic heterocycles. The monoisotopic (exact) mass is 642 g/mol. The summed E-state index contributed by atoms with van der Waals surface area (Å²) in [5.74, 6) is -1.69. The van der Waals surface area contributed by atoms with Gasteiger partial charge in [-0.2, -0.15) is 0 Å². The number of nitrogens with one attached hydrogen (secondary N) is 3. The lowest BCUT2D eigenvalue weighted by Crippen LogP contribution is -2.55. The van der Waals surface area contributed by atoms with Gasteiger partial charge in [-0.1, -0.05) is 0 Å². The quantitative estimate of drug-likeness (QED) is 0.0630. The van der Waals surface area contributed by atoms with Gasteiger partial charge in [0, 0.05) is 23.1 Å². The number of carbonyl (C=O) groups is 1. The molecule has 5 atom stereocenters. The number of primary sulfonamides is 1. The van der Waals surface area contributed by atoms with Crippen LogP contribution in [-0.4, -0.2) is 91.6 Å². The summed E-state index contributed by atoms with van der Waals surface area (Å²) in [7, 11) is -4.21. The van der Waals surface area contributed by atoms with E-state index in [1.165, 1.54) is 12.1 Å². The molecule has 16 nitrogen and oxygen atoms in total. The number of nitrogen functional groups attached to an aromatic ring is 1. The number of aliphatic hydroxyl groups is 4. The van der Waals surface area contributed by atoms with E-state index in [2.05, 4.69) is 15.3 Å². The van der Waals surface area contributed by atoms with E-state index in [-0.39, 0.29) is 45.2 Å². The number of rotatable bonds is 8. The number of phenolic OH excluding ortho intramolecular Hbond substituents is 2. The molecule has 1 aliphatic rings. The number of aromatic amines is 1. The van der Waals surface area contributed by atoms with Crippen molar-refractivity contribution >= 4 is 32.8 Å². The fourth-order valence-corrected chi connectivity index (χ4v) is 5.51.